The van der Waals surface area contributed by atoms with Crippen molar-refractivity contribution in [1.82, 2.24) is 10.3 Å². The van der Waals surface area contributed by atoms with E-state index in [1.54, 1.807) is 0 Å². The van der Waals surface area contributed by atoms with Crippen molar-refractivity contribution in [2.75, 3.05) is 13.2 Å². The van der Waals surface area contributed by atoms with Gasteiger partial charge in [0, 0.05) is 42.1 Å². The Kier molecular flexibility index (Phi) is 3.19. The summed E-state index contributed by atoms with van der Waals surface area (Å²) in [5, 5.41) is 14.0. The number of hydrogen-bond donors (Lipinski definition) is 2. The lowest BCUT2D eigenvalue weighted by Gasteiger charge is -2.22. The summed E-state index contributed by atoms with van der Waals surface area (Å²) in [5.41, 5.74) is 0.210. The van der Waals surface area contributed by atoms with E-state index in [-0.39, 0.29) is 5.41 Å². The van der Waals surface area contributed by atoms with Crippen LogP contribution in [0.5, 0.6) is 0 Å². The van der Waals surface area contributed by atoms with Gasteiger partial charge in [0.15, 0.2) is 0 Å². The minimum absolute atomic E-state index is 0.210. The van der Waals surface area contributed by atoms with Crippen molar-refractivity contribution in [2.45, 2.75) is 44.6 Å². The number of aromatic nitrogens is 1. The Morgan fingerprint density at radius 3 is 2.88 bits per heavy atom. The first-order valence-corrected chi connectivity index (χ1v) is 7.39. The average Bonchev–Trinajstić information content (AvgIpc) is 2.91. The van der Waals surface area contributed by atoms with Gasteiger partial charge in [0.25, 0.3) is 0 Å². The van der Waals surface area contributed by atoms with E-state index in [0.29, 0.717) is 6.61 Å². The summed E-state index contributed by atoms with van der Waals surface area (Å²) in [4.78, 5) is 5.85. The van der Waals surface area contributed by atoms with Crippen LogP contribution in [0.3, 0.4) is 0 Å². The molecule has 1 aromatic rings. The molecule has 4 heteroatoms. The smallest absolute Gasteiger partial charge is 0.0959 e. The zero-order chi connectivity index (χ0) is 11.7. The zero-order valence-electron chi connectivity index (χ0n) is 10.1. The molecule has 2 aliphatic rings. The van der Waals surface area contributed by atoms with E-state index in [4.69, 9.17) is 0 Å². The monoisotopic (exact) mass is 252 g/mol. The van der Waals surface area contributed by atoms with Crippen LogP contribution in [-0.4, -0.2) is 23.2 Å². The van der Waals surface area contributed by atoms with E-state index in [1.807, 2.05) is 17.5 Å². The molecule has 0 spiro atoms. The second-order valence-electron chi connectivity index (χ2n) is 5.55. The minimum atomic E-state index is 0.210. The molecule has 1 aromatic heterocycles. The minimum Gasteiger partial charge on any atom is -0.396 e. The number of nitrogens with one attached hydrogen (secondary N) is 1. The van der Waals surface area contributed by atoms with Crippen LogP contribution in [0.2, 0.25) is 0 Å². The van der Waals surface area contributed by atoms with Crippen molar-refractivity contribution in [3.05, 3.63) is 16.1 Å². The van der Waals surface area contributed by atoms with Crippen molar-refractivity contribution in [3.8, 4) is 0 Å². The van der Waals surface area contributed by atoms with Gasteiger partial charge >= 0.3 is 0 Å². The molecule has 0 unspecified atom stereocenters. The van der Waals surface area contributed by atoms with Crippen LogP contribution in [0.15, 0.2) is 6.20 Å². The largest absolute Gasteiger partial charge is 0.396 e. The van der Waals surface area contributed by atoms with Crippen molar-refractivity contribution in [1.29, 1.82) is 0 Å². The van der Waals surface area contributed by atoms with Crippen LogP contribution < -0.4 is 5.32 Å². The molecule has 2 saturated carbocycles. The van der Waals surface area contributed by atoms with Crippen molar-refractivity contribution >= 4 is 11.3 Å². The van der Waals surface area contributed by atoms with Gasteiger partial charge in [-0.1, -0.05) is 6.42 Å². The number of rotatable bonds is 6. The van der Waals surface area contributed by atoms with Crippen LogP contribution in [0.1, 0.15) is 47.9 Å². The number of aliphatic hydroxyl groups is 1. The molecular formula is C13H20N2OS. The highest BCUT2D eigenvalue weighted by Gasteiger charge is 2.41. The fourth-order valence-corrected chi connectivity index (χ4v) is 3.32. The quantitative estimate of drug-likeness (QED) is 0.816. The molecule has 0 amide bonds. The van der Waals surface area contributed by atoms with Gasteiger partial charge in [-0.15, -0.1) is 11.3 Å². The number of aliphatic hydroxyl groups excluding tert-OH is 1. The topological polar surface area (TPSA) is 45.1 Å². The SMILES string of the molecule is OCC1(CNCc2cnc(C3CCC3)s2)CC1. The van der Waals surface area contributed by atoms with Crippen molar-refractivity contribution in [3.63, 3.8) is 0 Å². The molecule has 0 aliphatic heterocycles. The maximum Gasteiger partial charge on any atom is 0.0959 e. The summed E-state index contributed by atoms with van der Waals surface area (Å²) in [5.74, 6) is 0.751. The van der Waals surface area contributed by atoms with E-state index in [0.717, 1.165) is 19.0 Å². The molecule has 17 heavy (non-hydrogen) atoms. The van der Waals surface area contributed by atoms with Gasteiger partial charge in [-0.2, -0.15) is 0 Å². The first-order chi connectivity index (χ1) is 8.31. The summed E-state index contributed by atoms with van der Waals surface area (Å²) in [6.07, 6.45) is 8.39. The van der Waals surface area contributed by atoms with Gasteiger partial charge in [-0.3, -0.25) is 0 Å². The van der Waals surface area contributed by atoms with Gasteiger partial charge in [0.1, 0.15) is 0 Å². The van der Waals surface area contributed by atoms with Crippen LogP contribution in [0.25, 0.3) is 0 Å². The third-order valence-corrected chi connectivity index (χ3v) is 5.28. The molecule has 0 radical (unpaired) electrons. The van der Waals surface area contributed by atoms with Crippen LogP contribution in [0.4, 0.5) is 0 Å². The van der Waals surface area contributed by atoms with Gasteiger partial charge in [0.05, 0.1) is 5.01 Å². The highest BCUT2D eigenvalue weighted by Crippen LogP contribution is 2.44. The Morgan fingerprint density at radius 1 is 1.47 bits per heavy atom. The van der Waals surface area contributed by atoms with Crippen LogP contribution in [0, 0.1) is 5.41 Å². The Labute approximate surface area is 106 Å². The number of thiazole rings is 1. The predicted molar refractivity (Wildman–Crippen MR) is 69.2 cm³/mol. The van der Waals surface area contributed by atoms with Crippen LogP contribution in [-0.2, 0) is 6.54 Å². The molecule has 3 rings (SSSR count). The molecule has 0 aromatic carbocycles. The van der Waals surface area contributed by atoms with Crippen molar-refractivity contribution in [2.24, 2.45) is 5.41 Å². The molecule has 2 N–H and O–H groups in total. The summed E-state index contributed by atoms with van der Waals surface area (Å²) >= 11 is 1.86. The third kappa shape index (κ3) is 2.54. The van der Waals surface area contributed by atoms with Gasteiger partial charge in [-0.05, 0) is 25.7 Å². The van der Waals surface area contributed by atoms with E-state index >= 15 is 0 Å². The second kappa shape index (κ2) is 4.67. The Balaban J connectivity index is 1.46. The molecule has 2 fully saturated rings. The molecule has 0 atom stereocenters. The molecule has 1 heterocycles. The maximum absolute atomic E-state index is 9.22. The Hall–Kier alpha value is -0.450. The van der Waals surface area contributed by atoms with Gasteiger partial charge in [-0.25, -0.2) is 4.98 Å². The highest BCUT2D eigenvalue weighted by molar-refractivity contribution is 7.11. The van der Waals surface area contributed by atoms with E-state index in [1.165, 1.54) is 42.0 Å². The molecule has 3 nitrogen and oxygen atoms in total. The fourth-order valence-electron chi connectivity index (χ4n) is 2.27. The van der Waals surface area contributed by atoms with Crippen molar-refractivity contribution < 1.29 is 5.11 Å². The van der Waals surface area contributed by atoms with Gasteiger partial charge in [0.2, 0.25) is 0 Å². The summed E-state index contributed by atoms with van der Waals surface area (Å²) in [7, 11) is 0. The molecule has 2 aliphatic carbocycles. The molecule has 0 saturated heterocycles. The first kappa shape index (κ1) is 11.6. The van der Waals surface area contributed by atoms with Gasteiger partial charge < -0.3 is 10.4 Å². The molecule has 0 bridgehead atoms. The lowest BCUT2D eigenvalue weighted by atomic mass is 9.86. The van der Waals surface area contributed by atoms with E-state index < -0.39 is 0 Å². The number of hydrogen-bond acceptors (Lipinski definition) is 4. The normalized spacial score (nSPS) is 22.4. The molecule has 94 valence electrons. The Morgan fingerprint density at radius 2 is 2.29 bits per heavy atom. The second-order valence-corrected chi connectivity index (χ2v) is 6.70. The standard InChI is InChI=1S/C13H20N2OS/c16-9-13(4-5-13)8-14-6-11-7-15-12(17-11)10-2-1-3-10/h7,10,14,16H,1-6,8-9H2. The predicted octanol–water partition coefficient (Wildman–Crippen LogP) is 2.27. The first-order valence-electron chi connectivity index (χ1n) is 6.58. The zero-order valence-corrected chi connectivity index (χ0v) is 10.9. The lowest BCUT2D eigenvalue weighted by molar-refractivity contribution is 0.207. The fraction of sp³-hybridized carbons (Fsp3) is 0.769. The van der Waals surface area contributed by atoms with Crippen LogP contribution >= 0.6 is 11.3 Å². The molecular weight excluding hydrogens is 232 g/mol. The summed E-state index contributed by atoms with van der Waals surface area (Å²) in [6.45, 7) is 2.18. The summed E-state index contributed by atoms with van der Waals surface area (Å²) < 4.78 is 0. The Bertz CT molecular complexity index is 383. The highest BCUT2D eigenvalue weighted by atomic mass is 32.1. The van der Waals surface area contributed by atoms with E-state index in [9.17, 15) is 5.11 Å². The lowest BCUT2D eigenvalue weighted by Crippen LogP contribution is -2.25. The van der Waals surface area contributed by atoms with E-state index in [2.05, 4.69) is 10.3 Å². The number of nitrogens with zero attached hydrogens (tertiary/aromatic N) is 1. The maximum atomic E-state index is 9.22. The average molecular weight is 252 g/mol. The summed E-state index contributed by atoms with van der Waals surface area (Å²) in [6, 6.07) is 0. The third-order valence-electron chi connectivity index (χ3n) is 4.12.